The number of carbonyl (C=O) groups is 1. The first-order chi connectivity index (χ1) is 14.1. The van der Waals surface area contributed by atoms with Gasteiger partial charge in [0.25, 0.3) is 5.91 Å². The molecule has 0 unspecified atom stereocenters. The number of hydrogen-bond donors (Lipinski definition) is 0. The van der Waals surface area contributed by atoms with Crippen LogP contribution in [0.2, 0.25) is 0 Å². The molecule has 0 N–H and O–H groups in total. The summed E-state index contributed by atoms with van der Waals surface area (Å²) < 4.78 is 16.6. The van der Waals surface area contributed by atoms with Gasteiger partial charge >= 0.3 is 0 Å². The highest BCUT2D eigenvalue weighted by molar-refractivity contribution is 7.09. The number of nitrogens with zero attached hydrogens (tertiary/aromatic N) is 1. The van der Waals surface area contributed by atoms with Crippen molar-refractivity contribution in [3.63, 3.8) is 0 Å². The first kappa shape index (κ1) is 20.7. The molecule has 29 heavy (non-hydrogen) atoms. The molecule has 3 aromatic rings. The molecule has 0 aliphatic rings. The Bertz CT molecular complexity index is 940. The van der Waals surface area contributed by atoms with Crippen molar-refractivity contribution in [3.8, 4) is 17.2 Å². The maximum Gasteiger partial charge on any atom is 0.261 e. The van der Waals surface area contributed by atoms with Gasteiger partial charge in [-0.25, -0.2) is 0 Å². The van der Waals surface area contributed by atoms with Gasteiger partial charge in [0.2, 0.25) is 0 Å². The summed E-state index contributed by atoms with van der Waals surface area (Å²) in [6.07, 6.45) is 0. The van der Waals surface area contributed by atoms with Crippen LogP contribution in [0.15, 0.2) is 60.0 Å². The van der Waals surface area contributed by atoms with Gasteiger partial charge in [-0.15, -0.1) is 11.3 Å². The van der Waals surface area contributed by atoms with E-state index in [2.05, 4.69) is 0 Å². The second kappa shape index (κ2) is 9.98. The second-order valence-corrected chi connectivity index (χ2v) is 7.62. The summed E-state index contributed by atoms with van der Waals surface area (Å²) in [6.45, 7) is 2.87. The minimum Gasteiger partial charge on any atom is -0.496 e. The topological polar surface area (TPSA) is 48.0 Å². The number of ether oxygens (including phenoxy) is 3. The number of methoxy groups -OCH3 is 2. The number of para-hydroxylation sites is 1. The molecular weight excluding hydrogens is 386 g/mol. The van der Waals surface area contributed by atoms with Crippen LogP contribution >= 0.6 is 11.3 Å². The van der Waals surface area contributed by atoms with Crippen LogP contribution in [-0.2, 0) is 17.9 Å². The average molecular weight is 412 g/mol. The van der Waals surface area contributed by atoms with Crippen molar-refractivity contribution < 1.29 is 19.0 Å². The molecule has 0 saturated carbocycles. The van der Waals surface area contributed by atoms with Crippen molar-refractivity contribution in [3.05, 3.63) is 76.0 Å². The summed E-state index contributed by atoms with van der Waals surface area (Å²) in [5, 5.41) is 2.01. The fourth-order valence-electron chi connectivity index (χ4n) is 2.99. The number of rotatable bonds is 9. The van der Waals surface area contributed by atoms with Gasteiger partial charge in [-0.05, 0) is 42.1 Å². The summed E-state index contributed by atoms with van der Waals surface area (Å²) >= 11 is 1.63. The van der Waals surface area contributed by atoms with E-state index in [1.54, 1.807) is 30.5 Å². The van der Waals surface area contributed by atoms with Crippen molar-refractivity contribution in [2.45, 2.75) is 20.0 Å². The van der Waals surface area contributed by atoms with E-state index in [1.165, 1.54) is 0 Å². The highest BCUT2D eigenvalue weighted by Crippen LogP contribution is 2.28. The smallest absolute Gasteiger partial charge is 0.261 e. The van der Waals surface area contributed by atoms with Crippen LogP contribution in [0.1, 0.15) is 16.0 Å². The summed E-state index contributed by atoms with van der Waals surface area (Å²) in [5.41, 5.74) is 2.02. The van der Waals surface area contributed by atoms with E-state index >= 15 is 0 Å². The zero-order valence-electron chi connectivity index (χ0n) is 16.9. The number of aryl methyl sites for hydroxylation is 1. The summed E-state index contributed by atoms with van der Waals surface area (Å²) in [7, 11) is 3.23. The molecule has 3 rings (SSSR count). The van der Waals surface area contributed by atoms with Crippen molar-refractivity contribution in [2.24, 2.45) is 0 Å². The van der Waals surface area contributed by atoms with Crippen LogP contribution < -0.4 is 14.2 Å². The van der Waals surface area contributed by atoms with E-state index in [4.69, 9.17) is 14.2 Å². The normalized spacial score (nSPS) is 10.4. The minimum atomic E-state index is -0.105. The molecular formula is C23H25NO4S. The third-order valence-corrected chi connectivity index (χ3v) is 5.36. The Labute approximate surface area is 175 Å². The molecule has 0 radical (unpaired) electrons. The van der Waals surface area contributed by atoms with Crippen molar-refractivity contribution in [1.82, 2.24) is 4.90 Å². The van der Waals surface area contributed by atoms with Gasteiger partial charge in [0.1, 0.15) is 5.75 Å². The summed E-state index contributed by atoms with van der Waals surface area (Å²) in [6, 6.07) is 17.4. The zero-order chi connectivity index (χ0) is 20.6. The molecule has 1 aromatic heterocycles. The maximum atomic E-state index is 13.0. The van der Waals surface area contributed by atoms with Crippen LogP contribution in [0.3, 0.4) is 0 Å². The molecule has 0 atom stereocenters. The Morgan fingerprint density at radius 2 is 1.72 bits per heavy atom. The average Bonchev–Trinajstić information content (AvgIpc) is 3.25. The Hall–Kier alpha value is -2.99. The van der Waals surface area contributed by atoms with E-state index in [1.807, 2.05) is 66.9 Å². The lowest BCUT2D eigenvalue weighted by atomic mass is 10.2. The molecule has 5 nitrogen and oxygen atoms in total. The minimum absolute atomic E-state index is 0.0695. The Morgan fingerprint density at radius 3 is 2.45 bits per heavy atom. The molecule has 1 amide bonds. The van der Waals surface area contributed by atoms with E-state index in [9.17, 15) is 4.79 Å². The number of hydrogen-bond acceptors (Lipinski definition) is 5. The van der Waals surface area contributed by atoms with Gasteiger partial charge in [-0.3, -0.25) is 4.79 Å². The van der Waals surface area contributed by atoms with Crippen molar-refractivity contribution in [2.75, 3.05) is 20.8 Å². The lowest BCUT2D eigenvalue weighted by Gasteiger charge is -2.23. The number of carbonyl (C=O) groups excluding carboxylic acids is 1. The van der Waals surface area contributed by atoms with Crippen molar-refractivity contribution >= 4 is 17.2 Å². The predicted molar refractivity (Wildman–Crippen MR) is 115 cm³/mol. The van der Waals surface area contributed by atoms with Crippen molar-refractivity contribution in [1.29, 1.82) is 0 Å². The molecule has 0 saturated heterocycles. The number of thiophene rings is 1. The lowest BCUT2D eigenvalue weighted by molar-refractivity contribution is -0.134. The van der Waals surface area contributed by atoms with Crippen LogP contribution in [-0.4, -0.2) is 31.6 Å². The molecule has 2 aromatic carbocycles. The molecule has 0 bridgehead atoms. The standard InChI is InChI=1S/C23H25NO4S/c1-17-10-11-21(22(13-17)27-3)28-16-23(25)24(15-19-8-6-12-29-19)14-18-7-4-5-9-20(18)26-2/h4-13H,14-16H2,1-3H3. The molecule has 0 fully saturated rings. The van der Waals surface area contributed by atoms with Gasteiger partial charge < -0.3 is 19.1 Å². The molecule has 0 spiro atoms. The van der Waals surface area contributed by atoms with Gasteiger partial charge in [0, 0.05) is 17.0 Å². The highest BCUT2D eigenvalue weighted by atomic mass is 32.1. The molecule has 0 aliphatic carbocycles. The highest BCUT2D eigenvalue weighted by Gasteiger charge is 2.18. The van der Waals surface area contributed by atoms with E-state index in [-0.39, 0.29) is 12.5 Å². The zero-order valence-corrected chi connectivity index (χ0v) is 17.7. The molecule has 6 heteroatoms. The van der Waals surface area contributed by atoms with Crippen LogP contribution in [0.5, 0.6) is 17.2 Å². The lowest BCUT2D eigenvalue weighted by Crippen LogP contribution is -2.34. The van der Waals surface area contributed by atoms with Crippen LogP contribution in [0.4, 0.5) is 0 Å². The SMILES string of the molecule is COc1ccccc1CN(Cc1cccs1)C(=O)COc1ccc(C)cc1OC. The Balaban J connectivity index is 1.75. The molecule has 1 heterocycles. The quantitative estimate of drug-likeness (QED) is 0.513. The van der Waals surface area contributed by atoms with E-state index in [0.717, 1.165) is 21.8 Å². The third-order valence-electron chi connectivity index (χ3n) is 4.50. The van der Waals surface area contributed by atoms with Gasteiger partial charge in [0.05, 0.1) is 20.8 Å². The Morgan fingerprint density at radius 1 is 0.931 bits per heavy atom. The van der Waals surface area contributed by atoms with Crippen LogP contribution in [0, 0.1) is 6.92 Å². The number of amides is 1. The van der Waals surface area contributed by atoms with Gasteiger partial charge in [-0.2, -0.15) is 0 Å². The summed E-state index contributed by atoms with van der Waals surface area (Å²) in [5.74, 6) is 1.83. The van der Waals surface area contributed by atoms with Crippen LogP contribution in [0.25, 0.3) is 0 Å². The van der Waals surface area contributed by atoms with E-state index in [0.29, 0.717) is 24.6 Å². The van der Waals surface area contributed by atoms with Gasteiger partial charge in [-0.1, -0.05) is 30.3 Å². The predicted octanol–water partition coefficient (Wildman–Crippen LogP) is 4.68. The summed E-state index contributed by atoms with van der Waals surface area (Å²) in [4.78, 5) is 15.9. The maximum absolute atomic E-state index is 13.0. The first-order valence-electron chi connectivity index (χ1n) is 9.30. The Kier molecular flexibility index (Phi) is 7.14. The fraction of sp³-hybridized carbons (Fsp3) is 0.261. The van der Waals surface area contributed by atoms with E-state index < -0.39 is 0 Å². The van der Waals surface area contributed by atoms with Gasteiger partial charge in [0.15, 0.2) is 18.1 Å². The largest absolute Gasteiger partial charge is 0.496 e. The third kappa shape index (κ3) is 5.51. The molecule has 0 aliphatic heterocycles. The number of benzene rings is 2. The second-order valence-electron chi connectivity index (χ2n) is 6.58. The molecule has 152 valence electrons. The monoisotopic (exact) mass is 411 g/mol. The fourth-order valence-corrected chi connectivity index (χ4v) is 3.71. The first-order valence-corrected chi connectivity index (χ1v) is 10.2.